The second-order valence-corrected chi connectivity index (χ2v) is 4.38. The van der Waals surface area contributed by atoms with E-state index in [4.69, 9.17) is 0 Å². The molecular formula is C12H14F4N2. The van der Waals surface area contributed by atoms with E-state index in [2.05, 4.69) is 5.32 Å². The highest BCUT2D eigenvalue weighted by Gasteiger charge is 2.35. The molecule has 6 heteroatoms. The first-order valence-electron chi connectivity index (χ1n) is 5.71. The van der Waals surface area contributed by atoms with Gasteiger partial charge >= 0.3 is 6.18 Å². The monoisotopic (exact) mass is 262 g/mol. The highest BCUT2D eigenvalue weighted by molar-refractivity contribution is 5.50. The molecule has 1 aromatic carbocycles. The lowest BCUT2D eigenvalue weighted by molar-refractivity contribution is -0.139. The Morgan fingerprint density at radius 2 is 2.06 bits per heavy atom. The van der Waals surface area contributed by atoms with Crippen molar-refractivity contribution in [3.05, 3.63) is 29.6 Å². The number of likely N-dealkylation sites (N-methyl/N-ethyl adjacent to an activating group) is 1. The molecule has 0 amide bonds. The molecule has 0 aromatic heterocycles. The lowest BCUT2D eigenvalue weighted by Gasteiger charge is -2.20. The minimum Gasteiger partial charge on any atom is -0.370 e. The summed E-state index contributed by atoms with van der Waals surface area (Å²) < 4.78 is 50.9. The summed E-state index contributed by atoms with van der Waals surface area (Å²) in [6.07, 6.45) is -3.78. The summed E-state index contributed by atoms with van der Waals surface area (Å²) in [6, 6.07) is 3.42. The first-order chi connectivity index (χ1) is 8.41. The van der Waals surface area contributed by atoms with E-state index < -0.39 is 17.6 Å². The van der Waals surface area contributed by atoms with Crippen LogP contribution >= 0.6 is 0 Å². The van der Waals surface area contributed by atoms with Crippen molar-refractivity contribution >= 4 is 5.69 Å². The van der Waals surface area contributed by atoms with Gasteiger partial charge in [-0.3, -0.25) is 0 Å². The molecule has 2 nitrogen and oxygen atoms in total. The van der Waals surface area contributed by atoms with Gasteiger partial charge in [-0.1, -0.05) is 0 Å². The molecule has 18 heavy (non-hydrogen) atoms. The second kappa shape index (κ2) is 4.76. The minimum absolute atomic E-state index is 0.268. The van der Waals surface area contributed by atoms with Crippen molar-refractivity contribution in [3.63, 3.8) is 0 Å². The fourth-order valence-corrected chi connectivity index (χ4v) is 2.16. The fourth-order valence-electron chi connectivity index (χ4n) is 2.16. The lowest BCUT2D eigenvalue weighted by atomic mass is 10.1. The molecule has 0 spiro atoms. The Hall–Kier alpha value is -1.30. The van der Waals surface area contributed by atoms with Crippen LogP contribution in [0, 0.1) is 5.82 Å². The Bertz CT molecular complexity index is 431. The number of nitrogens with one attached hydrogen (secondary N) is 1. The predicted molar refractivity (Wildman–Crippen MR) is 61.1 cm³/mol. The zero-order valence-electron chi connectivity index (χ0n) is 9.89. The van der Waals surface area contributed by atoms with Gasteiger partial charge in [-0.2, -0.15) is 13.2 Å². The zero-order valence-corrected chi connectivity index (χ0v) is 9.89. The predicted octanol–water partition coefficient (Wildman–Crippen LogP) is 2.64. The average molecular weight is 262 g/mol. The third-order valence-corrected chi connectivity index (χ3v) is 3.22. The molecule has 0 aliphatic carbocycles. The van der Waals surface area contributed by atoms with Crippen LogP contribution in [0.15, 0.2) is 18.2 Å². The van der Waals surface area contributed by atoms with Crippen molar-refractivity contribution in [2.24, 2.45) is 0 Å². The smallest absolute Gasteiger partial charge is 0.370 e. The van der Waals surface area contributed by atoms with Crippen LogP contribution in [0.3, 0.4) is 0 Å². The van der Waals surface area contributed by atoms with E-state index in [1.807, 2.05) is 11.9 Å². The summed E-state index contributed by atoms with van der Waals surface area (Å²) >= 11 is 0. The van der Waals surface area contributed by atoms with Crippen molar-refractivity contribution < 1.29 is 17.6 Å². The van der Waals surface area contributed by atoms with Gasteiger partial charge in [0, 0.05) is 24.8 Å². The molecule has 1 atom stereocenters. The molecule has 1 heterocycles. The van der Waals surface area contributed by atoms with E-state index in [-0.39, 0.29) is 6.04 Å². The zero-order chi connectivity index (χ0) is 13.3. The molecule has 1 aromatic rings. The van der Waals surface area contributed by atoms with E-state index in [9.17, 15) is 17.6 Å². The Balaban J connectivity index is 2.25. The van der Waals surface area contributed by atoms with Crippen LogP contribution in [0.4, 0.5) is 23.2 Å². The Labute approximate surface area is 103 Å². The van der Waals surface area contributed by atoms with Gasteiger partial charge in [0.1, 0.15) is 5.82 Å². The highest BCUT2D eigenvalue weighted by Crippen LogP contribution is 2.34. The van der Waals surface area contributed by atoms with E-state index in [1.54, 1.807) is 0 Å². The second-order valence-electron chi connectivity index (χ2n) is 4.38. The molecule has 100 valence electrons. The number of nitrogens with zero attached hydrogens (tertiary/aromatic N) is 1. The van der Waals surface area contributed by atoms with E-state index in [0.717, 1.165) is 18.6 Å². The summed E-state index contributed by atoms with van der Waals surface area (Å²) in [5.41, 5.74) is -0.783. The fraction of sp³-hybridized carbons (Fsp3) is 0.500. The van der Waals surface area contributed by atoms with Gasteiger partial charge in [0.05, 0.1) is 5.56 Å². The van der Waals surface area contributed by atoms with Gasteiger partial charge in [-0.15, -0.1) is 0 Å². The quantitative estimate of drug-likeness (QED) is 0.824. The topological polar surface area (TPSA) is 15.3 Å². The summed E-state index contributed by atoms with van der Waals surface area (Å²) in [4.78, 5) is 1.83. The SMILES string of the molecule is CNC1CCN(c2ccc(F)c(C(F)(F)F)c2)C1. The van der Waals surface area contributed by atoms with E-state index in [1.165, 1.54) is 6.07 Å². The third-order valence-electron chi connectivity index (χ3n) is 3.22. The molecule has 1 fully saturated rings. The van der Waals surface area contributed by atoms with Crippen LogP contribution in [0.1, 0.15) is 12.0 Å². The number of anilines is 1. The molecule has 1 aliphatic rings. The summed E-state index contributed by atoms with van der Waals surface area (Å²) in [6.45, 7) is 1.31. The standard InChI is InChI=1S/C12H14F4N2/c1-17-8-4-5-18(7-8)9-2-3-11(13)10(6-9)12(14,15)16/h2-3,6,8,17H,4-5,7H2,1H3. The average Bonchev–Trinajstić information content (AvgIpc) is 2.76. The van der Waals surface area contributed by atoms with E-state index in [0.29, 0.717) is 18.8 Å². The van der Waals surface area contributed by atoms with Crippen molar-refractivity contribution in [1.82, 2.24) is 5.32 Å². The Morgan fingerprint density at radius 3 is 2.61 bits per heavy atom. The molecule has 1 unspecified atom stereocenters. The minimum atomic E-state index is -4.65. The molecule has 2 rings (SSSR count). The number of benzene rings is 1. The summed E-state index contributed by atoms with van der Waals surface area (Å²) in [5.74, 6) is -1.23. The van der Waals surface area contributed by atoms with Gasteiger partial charge in [-0.25, -0.2) is 4.39 Å². The van der Waals surface area contributed by atoms with Crippen LogP contribution in [-0.2, 0) is 6.18 Å². The van der Waals surface area contributed by atoms with Crippen molar-refractivity contribution in [1.29, 1.82) is 0 Å². The maximum Gasteiger partial charge on any atom is 0.419 e. The van der Waals surface area contributed by atoms with Crippen LogP contribution in [0.2, 0.25) is 0 Å². The molecule has 0 radical (unpaired) electrons. The lowest BCUT2D eigenvalue weighted by Crippen LogP contribution is -2.29. The van der Waals surface area contributed by atoms with Gasteiger partial charge in [-0.05, 0) is 31.7 Å². The largest absolute Gasteiger partial charge is 0.419 e. The molecule has 0 saturated carbocycles. The maximum absolute atomic E-state index is 13.1. The number of alkyl halides is 3. The van der Waals surface area contributed by atoms with Gasteiger partial charge < -0.3 is 10.2 Å². The number of hydrogen-bond donors (Lipinski definition) is 1. The maximum atomic E-state index is 13.1. The van der Waals surface area contributed by atoms with Crippen molar-refractivity contribution in [3.8, 4) is 0 Å². The van der Waals surface area contributed by atoms with Gasteiger partial charge in [0.15, 0.2) is 0 Å². The Morgan fingerprint density at radius 1 is 1.33 bits per heavy atom. The van der Waals surface area contributed by atoms with Crippen molar-refractivity contribution in [2.75, 3.05) is 25.0 Å². The van der Waals surface area contributed by atoms with Crippen LogP contribution in [0.25, 0.3) is 0 Å². The van der Waals surface area contributed by atoms with Gasteiger partial charge in [0.2, 0.25) is 0 Å². The molecule has 1 saturated heterocycles. The van der Waals surface area contributed by atoms with Crippen LogP contribution < -0.4 is 10.2 Å². The number of rotatable bonds is 2. The molecule has 1 N–H and O–H groups in total. The number of hydrogen-bond acceptors (Lipinski definition) is 2. The molecule has 1 aliphatic heterocycles. The normalized spacial score (nSPS) is 20.5. The Kier molecular flexibility index (Phi) is 3.47. The first kappa shape index (κ1) is 13.1. The van der Waals surface area contributed by atoms with Gasteiger partial charge in [0.25, 0.3) is 0 Å². The number of halogens is 4. The van der Waals surface area contributed by atoms with Crippen LogP contribution in [0.5, 0.6) is 0 Å². The summed E-state index contributed by atoms with van der Waals surface area (Å²) in [5, 5.41) is 3.08. The summed E-state index contributed by atoms with van der Waals surface area (Å²) in [7, 11) is 1.82. The van der Waals surface area contributed by atoms with E-state index >= 15 is 0 Å². The molecular weight excluding hydrogens is 248 g/mol. The first-order valence-corrected chi connectivity index (χ1v) is 5.71. The third kappa shape index (κ3) is 2.58. The highest BCUT2D eigenvalue weighted by atomic mass is 19.4. The van der Waals surface area contributed by atoms with Crippen LogP contribution in [-0.4, -0.2) is 26.2 Å². The molecule has 0 bridgehead atoms. The van der Waals surface area contributed by atoms with Crippen molar-refractivity contribution in [2.45, 2.75) is 18.6 Å².